The second kappa shape index (κ2) is 5.21. The Labute approximate surface area is 110 Å². The van der Waals surface area contributed by atoms with Crippen molar-refractivity contribution in [2.45, 2.75) is 58.5 Å². The largest absolute Gasteiger partial charge is 0.508 e. The van der Waals surface area contributed by atoms with Crippen molar-refractivity contribution in [3.05, 3.63) is 23.8 Å². The van der Waals surface area contributed by atoms with Crippen molar-refractivity contribution in [2.75, 3.05) is 0 Å². The fourth-order valence-corrected chi connectivity index (χ4v) is 2.64. The molecular formula is C16H24O2. The monoisotopic (exact) mass is 248 g/mol. The molecule has 2 nitrogen and oxygen atoms in total. The molecule has 0 saturated heterocycles. The van der Waals surface area contributed by atoms with Crippen LogP contribution >= 0.6 is 0 Å². The van der Waals surface area contributed by atoms with E-state index >= 15 is 0 Å². The lowest BCUT2D eigenvalue weighted by Crippen LogP contribution is -2.36. The summed E-state index contributed by atoms with van der Waals surface area (Å²) < 4.78 is 6.15. The molecule has 0 aliphatic carbocycles. The van der Waals surface area contributed by atoms with Crippen LogP contribution in [-0.4, -0.2) is 10.7 Å². The van der Waals surface area contributed by atoms with E-state index in [2.05, 4.69) is 20.8 Å². The molecule has 1 aliphatic rings. The standard InChI is InChI=1S/C16H24O2/c1-12(2)5-4-9-16(3)10-8-13-11-14(17)6-7-15(13)18-16/h6-7,11-12,17H,4-5,8-10H2,1-3H3. The molecule has 1 unspecified atom stereocenters. The summed E-state index contributed by atoms with van der Waals surface area (Å²) in [5, 5.41) is 9.47. The van der Waals surface area contributed by atoms with Gasteiger partial charge in [0.1, 0.15) is 17.1 Å². The van der Waals surface area contributed by atoms with Gasteiger partial charge < -0.3 is 9.84 Å². The third-order valence-corrected chi connectivity index (χ3v) is 3.81. The molecule has 1 N–H and O–H groups in total. The summed E-state index contributed by atoms with van der Waals surface area (Å²) >= 11 is 0. The van der Waals surface area contributed by atoms with Crippen molar-refractivity contribution in [1.29, 1.82) is 0 Å². The zero-order valence-electron chi connectivity index (χ0n) is 11.7. The van der Waals surface area contributed by atoms with Gasteiger partial charge in [0.05, 0.1) is 0 Å². The van der Waals surface area contributed by atoms with E-state index < -0.39 is 0 Å². The highest BCUT2D eigenvalue weighted by Gasteiger charge is 2.31. The van der Waals surface area contributed by atoms with Gasteiger partial charge in [-0.25, -0.2) is 0 Å². The average Bonchev–Trinajstić information content (AvgIpc) is 2.29. The first-order valence-electron chi connectivity index (χ1n) is 6.99. The molecule has 0 radical (unpaired) electrons. The number of phenols is 1. The minimum absolute atomic E-state index is 0.0289. The average molecular weight is 248 g/mol. The minimum atomic E-state index is -0.0289. The van der Waals surface area contributed by atoms with Gasteiger partial charge in [-0.05, 0) is 62.3 Å². The number of phenolic OH excluding ortho intramolecular Hbond substituents is 1. The smallest absolute Gasteiger partial charge is 0.123 e. The fraction of sp³-hybridized carbons (Fsp3) is 0.625. The number of fused-ring (bicyclic) bond motifs is 1. The highest BCUT2D eigenvalue weighted by Crippen LogP contribution is 2.37. The van der Waals surface area contributed by atoms with Crippen LogP contribution in [0.5, 0.6) is 11.5 Å². The maximum atomic E-state index is 9.47. The van der Waals surface area contributed by atoms with Crippen molar-refractivity contribution in [3.63, 3.8) is 0 Å². The van der Waals surface area contributed by atoms with Crippen LogP contribution in [0.2, 0.25) is 0 Å². The van der Waals surface area contributed by atoms with Gasteiger partial charge in [-0.2, -0.15) is 0 Å². The van der Waals surface area contributed by atoms with Crippen LogP contribution in [-0.2, 0) is 6.42 Å². The normalized spacial score (nSPS) is 22.7. The number of aryl methyl sites for hydroxylation is 1. The van der Waals surface area contributed by atoms with Gasteiger partial charge in [0, 0.05) is 0 Å². The predicted octanol–water partition coefficient (Wildman–Crippen LogP) is 4.30. The van der Waals surface area contributed by atoms with Crippen LogP contribution in [0, 0.1) is 5.92 Å². The molecule has 0 fully saturated rings. The Kier molecular flexibility index (Phi) is 3.84. The number of rotatable bonds is 4. The summed E-state index contributed by atoms with van der Waals surface area (Å²) in [6, 6.07) is 5.42. The van der Waals surface area contributed by atoms with E-state index in [1.54, 1.807) is 6.07 Å². The number of benzene rings is 1. The zero-order valence-corrected chi connectivity index (χ0v) is 11.7. The number of ether oxygens (including phenoxy) is 1. The molecule has 100 valence electrons. The predicted molar refractivity (Wildman–Crippen MR) is 74.1 cm³/mol. The molecular weight excluding hydrogens is 224 g/mol. The molecule has 1 heterocycles. The zero-order chi connectivity index (χ0) is 13.2. The summed E-state index contributed by atoms with van der Waals surface area (Å²) in [5.41, 5.74) is 1.11. The Balaban J connectivity index is 1.99. The van der Waals surface area contributed by atoms with Gasteiger partial charge >= 0.3 is 0 Å². The molecule has 0 bridgehead atoms. The molecule has 18 heavy (non-hydrogen) atoms. The second-order valence-corrected chi connectivity index (χ2v) is 6.13. The van der Waals surface area contributed by atoms with Crippen molar-refractivity contribution in [3.8, 4) is 11.5 Å². The van der Waals surface area contributed by atoms with Crippen LogP contribution < -0.4 is 4.74 Å². The Bertz CT molecular complexity index is 412. The van der Waals surface area contributed by atoms with E-state index in [1.165, 1.54) is 12.8 Å². The molecule has 0 amide bonds. The first kappa shape index (κ1) is 13.3. The molecule has 1 aliphatic heterocycles. The molecule has 0 saturated carbocycles. The van der Waals surface area contributed by atoms with E-state index in [-0.39, 0.29) is 5.60 Å². The Hall–Kier alpha value is -1.18. The lowest BCUT2D eigenvalue weighted by atomic mass is 9.87. The van der Waals surface area contributed by atoms with Crippen LogP contribution in [0.4, 0.5) is 0 Å². The lowest BCUT2D eigenvalue weighted by molar-refractivity contribution is 0.0526. The Morgan fingerprint density at radius 3 is 2.89 bits per heavy atom. The minimum Gasteiger partial charge on any atom is -0.508 e. The summed E-state index contributed by atoms with van der Waals surface area (Å²) in [4.78, 5) is 0. The first-order valence-corrected chi connectivity index (χ1v) is 6.99. The molecule has 2 heteroatoms. The van der Waals surface area contributed by atoms with Crippen LogP contribution in [0.3, 0.4) is 0 Å². The van der Waals surface area contributed by atoms with Crippen LogP contribution in [0.25, 0.3) is 0 Å². The van der Waals surface area contributed by atoms with Gasteiger partial charge in [0.2, 0.25) is 0 Å². The van der Waals surface area contributed by atoms with E-state index in [0.29, 0.717) is 5.75 Å². The molecule has 1 aromatic carbocycles. The summed E-state index contributed by atoms with van der Waals surface area (Å²) in [6.07, 6.45) is 5.65. The van der Waals surface area contributed by atoms with Gasteiger partial charge in [-0.1, -0.05) is 20.3 Å². The third kappa shape index (κ3) is 3.18. The van der Waals surface area contributed by atoms with E-state index in [4.69, 9.17) is 4.74 Å². The third-order valence-electron chi connectivity index (χ3n) is 3.81. The highest BCUT2D eigenvalue weighted by molar-refractivity contribution is 5.41. The van der Waals surface area contributed by atoms with Gasteiger partial charge in [-0.15, -0.1) is 0 Å². The Morgan fingerprint density at radius 2 is 2.17 bits per heavy atom. The highest BCUT2D eigenvalue weighted by atomic mass is 16.5. The SMILES string of the molecule is CC(C)CCCC1(C)CCc2cc(O)ccc2O1. The lowest BCUT2D eigenvalue weighted by Gasteiger charge is -2.36. The Morgan fingerprint density at radius 1 is 1.39 bits per heavy atom. The van der Waals surface area contributed by atoms with Crippen molar-refractivity contribution in [2.24, 2.45) is 5.92 Å². The summed E-state index contributed by atoms with van der Waals surface area (Å²) in [6.45, 7) is 6.74. The number of aromatic hydroxyl groups is 1. The van der Waals surface area contributed by atoms with Gasteiger partial charge in [0.25, 0.3) is 0 Å². The summed E-state index contributed by atoms with van der Waals surface area (Å²) in [7, 11) is 0. The molecule has 1 aromatic rings. The second-order valence-electron chi connectivity index (χ2n) is 6.13. The first-order chi connectivity index (χ1) is 8.48. The maximum Gasteiger partial charge on any atom is 0.123 e. The topological polar surface area (TPSA) is 29.5 Å². The van der Waals surface area contributed by atoms with E-state index in [9.17, 15) is 5.11 Å². The molecule has 0 aromatic heterocycles. The molecule has 0 spiro atoms. The maximum absolute atomic E-state index is 9.47. The number of hydrogen-bond donors (Lipinski definition) is 1. The number of hydrogen-bond acceptors (Lipinski definition) is 2. The quantitative estimate of drug-likeness (QED) is 0.860. The van der Waals surface area contributed by atoms with E-state index in [0.717, 1.165) is 36.5 Å². The molecule has 1 atom stereocenters. The summed E-state index contributed by atoms with van der Waals surface area (Å²) in [5.74, 6) is 2.05. The van der Waals surface area contributed by atoms with Crippen LogP contribution in [0.1, 0.15) is 52.0 Å². The van der Waals surface area contributed by atoms with E-state index in [1.807, 2.05) is 12.1 Å². The fourth-order valence-electron chi connectivity index (χ4n) is 2.64. The van der Waals surface area contributed by atoms with Gasteiger partial charge in [0.15, 0.2) is 0 Å². The van der Waals surface area contributed by atoms with Crippen LogP contribution in [0.15, 0.2) is 18.2 Å². The van der Waals surface area contributed by atoms with Gasteiger partial charge in [-0.3, -0.25) is 0 Å². The molecule has 2 rings (SSSR count). The van der Waals surface area contributed by atoms with Crippen molar-refractivity contribution >= 4 is 0 Å². The van der Waals surface area contributed by atoms with Crippen molar-refractivity contribution < 1.29 is 9.84 Å². The van der Waals surface area contributed by atoms with Crippen molar-refractivity contribution in [1.82, 2.24) is 0 Å².